The predicted octanol–water partition coefficient (Wildman–Crippen LogP) is 4.47. The normalized spacial score (nSPS) is 42.1. The average Bonchev–Trinajstić information content (AvgIpc) is 2.41. The average molecular weight is 276 g/mol. The van der Waals surface area contributed by atoms with Crippen LogP contribution in [0.4, 0.5) is 0 Å². The molecule has 1 saturated carbocycles. The summed E-state index contributed by atoms with van der Waals surface area (Å²) in [5.41, 5.74) is 3.32. The van der Waals surface area contributed by atoms with Crippen LogP contribution >= 0.6 is 0 Å². The largest absolute Gasteiger partial charge is 0.350 e. The molecule has 3 atom stereocenters. The second-order valence-electron chi connectivity index (χ2n) is 8.07. The molecule has 0 bridgehead atoms. The Morgan fingerprint density at radius 2 is 1.80 bits per heavy atom. The van der Waals surface area contributed by atoms with Crippen molar-refractivity contribution >= 4 is 0 Å². The van der Waals surface area contributed by atoms with E-state index in [9.17, 15) is 0 Å². The molecule has 0 aromatic heterocycles. The summed E-state index contributed by atoms with van der Waals surface area (Å²) >= 11 is 0. The quantitative estimate of drug-likeness (QED) is 0.650. The molecule has 112 valence electrons. The summed E-state index contributed by atoms with van der Waals surface area (Å²) in [4.78, 5) is 0. The third-order valence-electron chi connectivity index (χ3n) is 5.82. The Balaban J connectivity index is 2.13. The first kappa shape index (κ1) is 14.3. The van der Waals surface area contributed by atoms with Gasteiger partial charge in [-0.05, 0) is 39.0 Å². The number of hydrogen-bond donors (Lipinski definition) is 0. The molecule has 0 amide bonds. The molecule has 2 heteroatoms. The van der Waals surface area contributed by atoms with Crippen LogP contribution in [0, 0.1) is 16.7 Å². The Hall–Kier alpha value is -0.600. The third kappa shape index (κ3) is 1.92. The lowest BCUT2D eigenvalue weighted by atomic mass is 9.52. The summed E-state index contributed by atoms with van der Waals surface area (Å²) in [6.07, 6.45) is 7.23. The van der Waals surface area contributed by atoms with Gasteiger partial charge in [-0.1, -0.05) is 44.1 Å². The van der Waals surface area contributed by atoms with E-state index < -0.39 is 5.79 Å². The SMILES string of the molecule is CC1=CC=C2C(C)(C)CC[C@@H]3OC(C)(C)OC[C@H]1[C@]23C. The monoisotopic (exact) mass is 276 g/mol. The minimum Gasteiger partial charge on any atom is -0.350 e. The van der Waals surface area contributed by atoms with Crippen molar-refractivity contribution in [1.82, 2.24) is 0 Å². The fourth-order valence-electron chi connectivity index (χ4n) is 4.60. The van der Waals surface area contributed by atoms with E-state index >= 15 is 0 Å². The summed E-state index contributed by atoms with van der Waals surface area (Å²) in [6, 6.07) is 0. The van der Waals surface area contributed by atoms with Gasteiger partial charge < -0.3 is 9.47 Å². The molecule has 0 N–H and O–H groups in total. The lowest BCUT2D eigenvalue weighted by Gasteiger charge is -2.54. The second-order valence-corrected chi connectivity index (χ2v) is 8.07. The van der Waals surface area contributed by atoms with Gasteiger partial charge in [-0.2, -0.15) is 0 Å². The molecular weight excluding hydrogens is 248 g/mol. The van der Waals surface area contributed by atoms with Gasteiger partial charge in [-0.3, -0.25) is 0 Å². The van der Waals surface area contributed by atoms with E-state index in [2.05, 4.69) is 53.7 Å². The van der Waals surface area contributed by atoms with Crippen LogP contribution in [0.25, 0.3) is 0 Å². The lowest BCUT2D eigenvalue weighted by Crippen LogP contribution is -2.51. The van der Waals surface area contributed by atoms with Crippen molar-refractivity contribution in [3.63, 3.8) is 0 Å². The van der Waals surface area contributed by atoms with E-state index in [4.69, 9.17) is 9.47 Å². The third-order valence-corrected chi connectivity index (χ3v) is 5.82. The molecule has 2 fully saturated rings. The van der Waals surface area contributed by atoms with Crippen LogP contribution in [-0.2, 0) is 9.47 Å². The van der Waals surface area contributed by atoms with Gasteiger partial charge in [0.25, 0.3) is 0 Å². The highest BCUT2D eigenvalue weighted by molar-refractivity contribution is 5.39. The minimum absolute atomic E-state index is 0.0777. The standard InChI is InChI=1S/C18H28O2/c1-12-7-8-14-16(2,3)10-9-15-18(14,6)13(12)11-19-17(4,5)20-15/h7-8,13,15H,9-11H2,1-6H3/t13-,15+,18-/m1/s1. The smallest absolute Gasteiger partial charge is 0.163 e. The van der Waals surface area contributed by atoms with Crippen molar-refractivity contribution in [2.24, 2.45) is 16.7 Å². The maximum absolute atomic E-state index is 6.39. The van der Waals surface area contributed by atoms with Gasteiger partial charge in [0.1, 0.15) is 0 Å². The summed E-state index contributed by atoms with van der Waals surface area (Å²) in [5.74, 6) is -0.0356. The van der Waals surface area contributed by atoms with Gasteiger partial charge >= 0.3 is 0 Å². The highest BCUT2D eigenvalue weighted by Crippen LogP contribution is 2.59. The number of ether oxygens (including phenoxy) is 2. The van der Waals surface area contributed by atoms with E-state index in [0.29, 0.717) is 5.92 Å². The first-order valence-electron chi connectivity index (χ1n) is 7.88. The van der Waals surface area contributed by atoms with Crippen LogP contribution in [0.15, 0.2) is 23.3 Å². The first-order chi connectivity index (χ1) is 9.17. The Morgan fingerprint density at radius 3 is 2.50 bits per heavy atom. The summed E-state index contributed by atoms with van der Waals surface area (Å²) in [7, 11) is 0. The van der Waals surface area contributed by atoms with Crippen molar-refractivity contribution in [2.45, 2.75) is 66.3 Å². The fraction of sp³-hybridized carbons (Fsp3) is 0.778. The molecule has 1 heterocycles. The van der Waals surface area contributed by atoms with Crippen molar-refractivity contribution in [3.05, 3.63) is 23.3 Å². The van der Waals surface area contributed by atoms with Crippen LogP contribution in [0.2, 0.25) is 0 Å². The molecule has 20 heavy (non-hydrogen) atoms. The molecule has 2 aliphatic carbocycles. The summed E-state index contributed by atoms with van der Waals surface area (Å²) in [6.45, 7) is 14.3. The van der Waals surface area contributed by atoms with Gasteiger partial charge in [0, 0.05) is 11.3 Å². The molecule has 1 saturated heterocycles. The van der Waals surface area contributed by atoms with Gasteiger partial charge in [0.15, 0.2) is 5.79 Å². The molecule has 1 aliphatic heterocycles. The topological polar surface area (TPSA) is 18.5 Å². The van der Waals surface area contributed by atoms with E-state index in [0.717, 1.165) is 13.0 Å². The van der Waals surface area contributed by atoms with Crippen molar-refractivity contribution in [2.75, 3.05) is 6.61 Å². The van der Waals surface area contributed by atoms with Gasteiger partial charge in [0.05, 0.1) is 12.7 Å². The Morgan fingerprint density at radius 1 is 1.10 bits per heavy atom. The maximum Gasteiger partial charge on any atom is 0.163 e. The summed E-state index contributed by atoms with van der Waals surface area (Å²) < 4.78 is 12.5. The maximum atomic E-state index is 6.39. The zero-order valence-corrected chi connectivity index (χ0v) is 13.7. The predicted molar refractivity (Wildman–Crippen MR) is 81.4 cm³/mol. The van der Waals surface area contributed by atoms with Crippen LogP contribution in [-0.4, -0.2) is 18.5 Å². The fourth-order valence-corrected chi connectivity index (χ4v) is 4.60. The lowest BCUT2D eigenvalue weighted by molar-refractivity contribution is -0.235. The summed E-state index contributed by atoms with van der Waals surface area (Å²) in [5, 5.41) is 0. The van der Waals surface area contributed by atoms with Gasteiger partial charge in [-0.25, -0.2) is 0 Å². The molecule has 3 rings (SSSR count). The van der Waals surface area contributed by atoms with E-state index in [-0.39, 0.29) is 16.9 Å². The molecule has 0 aromatic carbocycles. The zero-order valence-electron chi connectivity index (χ0n) is 13.7. The first-order valence-corrected chi connectivity index (χ1v) is 7.88. The van der Waals surface area contributed by atoms with E-state index in [1.807, 2.05) is 0 Å². The highest BCUT2D eigenvalue weighted by Gasteiger charge is 2.56. The van der Waals surface area contributed by atoms with E-state index in [1.165, 1.54) is 12.0 Å². The van der Waals surface area contributed by atoms with Gasteiger partial charge in [-0.15, -0.1) is 0 Å². The van der Waals surface area contributed by atoms with Crippen LogP contribution in [0.3, 0.4) is 0 Å². The number of allylic oxidation sites excluding steroid dienone is 2. The van der Waals surface area contributed by atoms with Crippen molar-refractivity contribution in [3.8, 4) is 0 Å². The Bertz CT molecular complexity index is 484. The van der Waals surface area contributed by atoms with Crippen LogP contribution in [0.1, 0.15) is 54.4 Å². The molecule has 0 radical (unpaired) electrons. The van der Waals surface area contributed by atoms with Crippen LogP contribution in [0.5, 0.6) is 0 Å². The molecule has 2 nitrogen and oxygen atoms in total. The van der Waals surface area contributed by atoms with E-state index in [1.54, 1.807) is 5.57 Å². The van der Waals surface area contributed by atoms with Gasteiger partial charge in [0.2, 0.25) is 0 Å². The van der Waals surface area contributed by atoms with Crippen molar-refractivity contribution in [1.29, 1.82) is 0 Å². The second kappa shape index (κ2) is 4.20. The highest BCUT2D eigenvalue weighted by atomic mass is 16.7. The Kier molecular flexibility index (Phi) is 3.02. The minimum atomic E-state index is -0.474. The van der Waals surface area contributed by atoms with Crippen LogP contribution < -0.4 is 0 Å². The molecule has 0 unspecified atom stereocenters. The molecule has 3 aliphatic rings. The number of rotatable bonds is 0. The zero-order chi connectivity index (χ0) is 14.8. The Labute approximate surface area is 123 Å². The molecule has 0 aromatic rings. The molecular formula is C18H28O2. The number of hydrogen-bond acceptors (Lipinski definition) is 2. The molecule has 0 spiro atoms. The van der Waals surface area contributed by atoms with Crippen molar-refractivity contribution < 1.29 is 9.47 Å².